The number of benzene rings is 1. The SMILES string of the molecule is Cc1cnc(NS(=O)(=O)c2ccc(NN=C(C#N)C#N)cc2)nc1. The lowest BCUT2D eigenvalue weighted by molar-refractivity contribution is 0.601. The van der Waals surface area contributed by atoms with Crippen LogP contribution in [0.1, 0.15) is 5.56 Å². The molecule has 0 unspecified atom stereocenters. The molecule has 2 aromatic rings. The molecule has 0 aliphatic rings. The van der Waals surface area contributed by atoms with E-state index >= 15 is 0 Å². The van der Waals surface area contributed by atoms with E-state index < -0.39 is 10.0 Å². The maximum atomic E-state index is 12.2. The molecule has 9 nitrogen and oxygen atoms in total. The number of anilines is 2. The quantitative estimate of drug-likeness (QED) is 0.617. The van der Waals surface area contributed by atoms with Gasteiger partial charge in [-0.05, 0) is 36.8 Å². The Balaban J connectivity index is 2.14. The van der Waals surface area contributed by atoms with Crippen LogP contribution in [0.25, 0.3) is 0 Å². The normalized spacial score (nSPS) is 10.1. The summed E-state index contributed by atoms with van der Waals surface area (Å²) in [7, 11) is -3.83. The van der Waals surface area contributed by atoms with Crippen molar-refractivity contribution in [2.45, 2.75) is 11.8 Å². The molecule has 0 saturated carbocycles. The van der Waals surface area contributed by atoms with Crippen LogP contribution in [0.2, 0.25) is 0 Å². The zero-order valence-electron chi connectivity index (χ0n) is 12.4. The summed E-state index contributed by atoms with van der Waals surface area (Å²) < 4.78 is 26.7. The number of nitrogens with one attached hydrogen (secondary N) is 2. The van der Waals surface area contributed by atoms with Gasteiger partial charge in [0.1, 0.15) is 12.1 Å². The van der Waals surface area contributed by atoms with Gasteiger partial charge in [0, 0.05) is 12.4 Å². The molecule has 0 saturated heterocycles. The smallest absolute Gasteiger partial charge is 0.264 e. The van der Waals surface area contributed by atoms with Crippen LogP contribution in [0.4, 0.5) is 11.6 Å². The second-order valence-electron chi connectivity index (χ2n) is 4.51. The first-order valence-corrected chi connectivity index (χ1v) is 7.98. The first-order valence-electron chi connectivity index (χ1n) is 6.50. The molecule has 0 spiro atoms. The van der Waals surface area contributed by atoms with Gasteiger partial charge in [0.25, 0.3) is 10.0 Å². The molecule has 1 aromatic carbocycles. The lowest BCUT2D eigenvalue weighted by Gasteiger charge is -2.07. The maximum absolute atomic E-state index is 12.2. The summed E-state index contributed by atoms with van der Waals surface area (Å²) in [6, 6.07) is 8.76. The predicted molar refractivity (Wildman–Crippen MR) is 86.3 cm³/mol. The third-order valence-corrected chi connectivity index (χ3v) is 4.02. The molecule has 0 radical (unpaired) electrons. The zero-order valence-corrected chi connectivity index (χ0v) is 13.2. The number of aromatic nitrogens is 2. The molecule has 0 aliphatic carbocycles. The molecule has 0 fully saturated rings. The summed E-state index contributed by atoms with van der Waals surface area (Å²) in [5.74, 6) is -0.0277. The van der Waals surface area contributed by atoms with E-state index in [-0.39, 0.29) is 16.6 Å². The van der Waals surface area contributed by atoms with Crippen LogP contribution in [0.3, 0.4) is 0 Å². The fraction of sp³-hybridized carbons (Fsp3) is 0.0714. The molecule has 2 rings (SSSR count). The Bertz CT molecular complexity index is 921. The minimum atomic E-state index is -3.83. The van der Waals surface area contributed by atoms with Crippen molar-refractivity contribution in [3.63, 3.8) is 0 Å². The summed E-state index contributed by atoms with van der Waals surface area (Å²) in [5, 5.41) is 20.7. The zero-order chi connectivity index (χ0) is 17.6. The lowest BCUT2D eigenvalue weighted by Crippen LogP contribution is -2.15. The van der Waals surface area contributed by atoms with Crippen molar-refractivity contribution in [1.82, 2.24) is 9.97 Å². The van der Waals surface area contributed by atoms with Gasteiger partial charge in [-0.25, -0.2) is 23.1 Å². The average molecular weight is 341 g/mol. The van der Waals surface area contributed by atoms with Crippen molar-refractivity contribution in [2.75, 3.05) is 10.1 Å². The van der Waals surface area contributed by atoms with Crippen molar-refractivity contribution in [2.24, 2.45) is 5.10 Å². The highest BCUT2D eigenvalue weighted by Crippen LogP contribution is 2.16. The van der Waals surface area contributed by atoms with E-state index in [0.29, 0.717) is 5.69 Å². The molecule has 2 N–H and O–H groups in total. The maximum Gasteiger partial charge on any atom is 0.264 e. The van der Waals surface area contributed by atoms with Crippen LogP contribution < -0.4 is 10.1 Å². The predicted octanol–water partition coefficient (Wildman–Crippen LogP) is 1.40. The topological polar surface area (TPSA) is 144 Å². The van der Waals surface area contributed by atoms with Gasteiger partial charge in [-0.3, -0.25) is 5.43 Å². The minimum absolute atomic E-state index is 0.00185. The third-order valence-electron chi connectivity index (χ3n) is 2.68. The molecule has 0 bridgehead atoms. The average Bonchev–Trinajstić information content (AvgIpc) is 2.58. The first-order chi connectivity index (χ1) is 11.4. The molecule has 24 heavy (non-hydrogen) atoms. The van der Waals surface area contributed by atoms with Crippen LogP contribution in [0.5, 0.6) is 0 Å². The lowest BCUT2D eigenvalue weighted by atomic mass is 10.3. The van der Waals surface area contributed by atoms with Gasteiger partial charge in [-0.15, -0.1) is 0 Å². The van der Waals surface area contributed by atoms with E-state index in [1.54, 1.807) is 19.1 Å². The van der Waals surface area contributed by atoms with Gasteiger partial charge < -0.3 is 0 Å². The van der Waals surface area contributed by atoms with E-state index in [4.69, 9.17) is 10.5 Å². The van der Waals surface area contributed by atoms with Crippen LogP contribution in [-0.2, 0) is 10.0 Å². The standard InChI is InChI=1S/C14H11N7O2S/c1-10-8-17-14(18-9-10)21-24(22,23)13-4-2-11(3-5-13)19-20-12(6-15)7-16/h2-5,8-9,19H,1H3,(H,17,18,21). The molecule has 1 heterocycles. The molecule has 0 aliphatic heterocycles. The molecule has 0 amide bonds. The van der Waals surface area contributed by atoms with Crippen LogP contribution >= 0.6 is 0 Å². The van der Waals surface area contributed by atoms with Crippen LogP contribution in [0.15, 0.2) is 46.7 Å². The molecular formula is C14H11N7O2S. The fourth-order valence-corrected chi connectivity index (χ4v) is 2.49. The van der Waals surface area contributed by atoms with Crippen molar-refractivity contribution in [3.8, 4) is 12.1 Å². The van der Waals surface area contributed by atoms with Crippen molar-refractivity contribution < 1.29 is 8.42 Å². The molecule has 10 heteroatoms. The first kappa shape index (κ1) is 16.9. The fourth-order valence-electron chi connectivity index (χ4n) is 1.53. The van der Waals surface area contributed by atoms with Crippen molar-refractivity contribution in [1.29, 1.82) is 10.5 Å². The summed E-state index contributed by atoms with van der Waals surface area (Å²) in [4.78, 5) is 7.76. The number of hydrogen-bond acceptors (Lipinski definition) is 8. The number of sulfonamides is 1. The summed E-state index contributed by atoms with van der Waals surface area (Å²) in [5.41, 5.74) is 3.37. The molecule has 1 aromatic heterocycles. The van der Waals surface area contributed by atoms with Crippen molar-refractivity contribution >= 4 is 27.4 Å². The van der Waals surface area contributed by atoms with Crippen LogP contribution in [0, 0.1) is 29.6 Å². The number of nitriles is 2. The Morgan fingerprint density at radius 3 is 2.25 bits per heavy atom. The monoisotopic (exact) mass is 341 g/mol. The number of hydrazone groups is 1. The largest absolute Gasteiger partial charge is 0.277 e. The second kappa shape index (κ2) is 7.17. The van der Waals surface area contributed by atoms with Crippen molar-refractivity contribution in [3.05, 3.63) is 42.2 Å². The molecule has 120 valence electrons. The van der Waals surface area contributed by atoms with E-state index in [1.165, 1.54) is 36.7 Å². The van der Waals surface area contributed by atoms with Gasteiger partial charge in [-0.1, -0.05) is 0 Å². The highest BCUT2D eigenvalue weighted by molar-refractivity contribution is 7.92. The summed E-state index contributed by atoms with van der Waals surface area (Å²) in [6.07, 6.45) is 3.00. The number of rotatable bonds is 5. The van der Waals surface area contributed by atoms with E-state index in [2.05, 4.69) is 25.2 Å². The molecule has 0 atom stereocenters. The van der Waals surface area contributed by atoms with Gasteiger partial charge in [0.15, 0.2) is 0 Å². The second-order valence-corrected chi connectivity index (χ2v) is 6.19. The number of hydrogen-bond donors (Lipinski definition) is 2. The van der Waals surface area contributed by atoms with Gasteiger partial charge in [-0.2, -0.15) is 15.6 Å². The number of aryl methyl sites for hydroxylation is 1. The Hall–Kier alpha value is -3.50. The Morgan fingerprint density at radius 2 is 1.71 bits per heavy atom. The van der Waals surface area contributed by atoms with Gasteiger partial charge in [0.2, 0.25) is 11.7 Å². The van der Waals surface area contributed by atoms with E-state index in [1.807, 2.05) is 0 Å². The summed E-state index contributed by atoms with van der Waals surface area (Å²) in [6.45, 7) is 1.79. The summed E-state index contributed by atoms with van der Waals surface area (Å²) >= 11 is 0. The Kier molecular flexibility index (Phi) is 5.04. The van der Waals surface area contributed by atoms with Gasteiger partial charge in [0.05, 0.1) is 10.6 Å². The Morgan fingerprint density at radius 1 is 1.12 bits per heavy atom. The minimum Gasteiger partial charge on any atom is -0.277 e. The third kappa shape index (κ3) is 4.25. The van der Waals surface area contributed by atoms with Crippen LogP contribution in [-0.4, -0.2) is 24.1 Å². The highest BCUT2D eigenvalue weighted by Gasteiger charge is 2.15. The van der Waals surface area contributed by atoms with E-state index in [0.717, 1.165) is 5.56 Å². The number of nitrogens with zero attached hydrogens (tertiary/aromatic N) is 5. The molecular weight excluding hydrogens is 330 g/mol. The highest BCUT2D eigenvalue weighted by atomic mass is 32.2. The van der Waals surface area contributed by atoms with E-state index in [9.17, 15) is 8.42 Å². The van der Waals surface area contributed by atoms with Gasteiger partial charge >= 0.3 is 0 Å². The Labute approximate surface area is 138 Å².